The lowest BCUT2D eigenvalue weighted by atomic mass is 9.70. The number of nitrogens with zero attached hydrogens (tertiary/aromatic N) is 1. The second kappa shape index (κ2) is 5.98. The summed E-state index contributed by atoms with van der Waals surface area (Å²) in [5, 5.41) is 9.98. The van der Waals surface area contributed by atoms with Gasteiger partial charge in [-0.15, -0.1) is 0 Å². The molecule has 1 aromatic rings. The van der Waals surface area contributed by atoms with E-state index in [2.05, 4.69) is 43.2 Å². The van der Waals surface area contributed by atoms with Gasteiger partial charge in [-0.3, -0.25) is 9.89 Å². The number of carbonyl (C=O) groups excluding carboxylic acids is 1. The Kier molecular flexibility index (Phi) is 4.51. The van der Waals surface area contributed by atoms with Crippen molar-refractivity contribution in [1.82, 2.24) is 10.2 Å². The molecule has 1 heterocycles. The third-order valence-corrected chi connectivity index (χ3v) is 4.59. The number of aromatic nitrogens is 2. The Labute approximate surface area is 121 Å². The van der Waals surface area contributed by atoms with Crippen LogP contribution in [-0.4, -0.2) is 16.1 Å². The number of nitrogens with one attached hydrogen (secondary N) is 2. The Hall–Kier alpha value is -1.32. The van der Waals surface area contributed by atoms with E-state index in [1.807, 2.05) is 6.07 Å². The summed E-state index contributed by atoms with van der Waals surface area (Å²) in [5.41, 5.74) is 1.41. The van der Waals surface area contributed by atoms with Crippen LogP contribution in [0.5, 0.6) is 0 Å². The normalized spacial score (nSPS) is 23.6. The van der Waals surface area contributed by atoms with Crippen molar-refractivity contribution in [2.75, 3.05) is 5.32 Å². The number of hydrogen-bond donors (Lipinski definition) is 2. The highest BCUT2D eigenvalue weighted by Crippen LogP contribution is 2.39. The molecule has 2 N–H and O–H groups in total. The molecule has 0 atom stereocenters. The molecule has 0 spiro atoms. The molecular formula is C16H27N3O. The maximum atomic E-state index is 12.3. The molecule has 0 unspecified atom stereocenters. The minimum Gasteiger partial charge on any atom is -0.309 e. The maximum Gasteiger partial charge on any atom is 0.228 e. The number of carbonyl (C=O) groups is 1. The lowest BCUT2D eigenvalue weighted by Crippen LogP contribution is -2.31. The highest BCUT2D eigenvalue weighted by molar-refractivity contribution is 5.91. The number of hydrogen-bond acceptors (Lipinski definition) is 2. The van der Waals surface area contributed by atoms with E-state index in [1.54, 1.807) is 0 Å². The standard InChI is InChI=1S/C16H27N3O/c1-5-13-10-14(19-18-13)17-15(20)11-6-8-12(9-7-11)16(2,3)4/h10-12H,5-9H2,1-4H3,(H2,17,18,19,20). The van der Waals surface area contributed by atoms with Gasteiger partial charge in [0.15, 0.2) is 5.82 Å². The zero-order valence-corrected chi connectivity index (χ0v) is 13.1. The summed E-state index contributed by atoms with van der Waals surface area (Å²) >= 11 is 0. The summed E-state index contributed by atoms with van der Waals surface area (Å²) in [5.74, 6) is 1.68. The molecule has 0 bridgehead atoms. The average molecular weight is 277 g/mol. The van der Waals surface area contributed by atoms with Gasteiger partial charge in [-0.2, -0.15) is 5.10 Å². The van der Waals surface area contributed by atoms with E-state index >= 15 is 0 Å². The van der Waals surface area contributed by atoms with Crippen molar-refractivity contribution in [1.29, 1.82) is 0 Å². The van der Waals surface area contributed by atoms with Crippen molar-refractivity contribution in [3.05, 3.63) is 11.8 Å². The smallest absolute Gasteiger partial charge is 0.228 e. The van der Waals surface area contributed by atoms with Crippen molar-refractivity contribution in [2.24, 2.45) is 17.3 Å². The number of amides is 1. The van der Waals surface area contributed by atoms with Crippen molar-refractivity contribution in [2.45, 2.75) is 59.8 Å². The van der Waals surface area contributed by atoms with E-state index < -0.39 is 0 Å². The fourth-order valence-electron chi connectivity index (χ4n) is 3.06. The third kappa shape index (κ3) is 3.62. The second-order valence-corrected chi connectivity index (χ2v) is 7.04. The van der Waals surface area contributed by atoms with Crippen LogP contribution < -0.4 is 5.32 Å². The highest BCUT2D eigenvalue weighted by Gasteiger charge is 2.32. The van der Waals surface area contributed by atoms with Crippen LogP contribution in [0.25, 0.3) is 0 Å². The van der Waals surface area contributed by atoms with Crippen molar-refractivity contribution >= 4 is 11.7 Å². The average Bonchev–Trinajstić information content (AvgIpc) is 2.85. The van der Waals surface area contributed by atoms with Gasteiger partial charge in [0.2, 0.25) is 5.91 Å². The number of H-pyrrole nitrogens is 1. The van der Waals surface area contributed by atoms with Crippen molar-refractivity contribution in [3.63, 3.8) is 0 Å². The molecule has 2 rings (SSSR count). The lowest BCUT2D eigenvalue weighted by molar-refractivity contribution is -0.121. The van der Waals surface area contributed by atoms with Crippen LogP contribution >= 0.6 is 0 Å². The van der Waals surface area contributed by atoms with E-state index in [0.717, 1.165) is 43.7 Å². The van der Waals surface area contributed by atoms with E-state index in [0.29, 0.717) is 11.2 Å². The molecule has 0 radical (unpaired) electrons. The van der Waals surface area contributed by atoms with Gasteiger partial charge < -0.3 is 5.32 Å². The van der Waals surface area contributed by atoms with Gasteiger partial charge >= 0.3 is 0 Å². The fourth-order valence-corrected chi connectivity index (χ4v) is 3.06. The Balaban J connectivity index is 1.86. The fraction of sp³-hybridized carbons (Fsp3) is 0.750. The summed E-state index contributed by atoms with van der Waals surface area (Å²) in [6.07, 6.45) is 5.21. The van der Waals surface area contributed by atoms with Gasteiger partial charge in [-0.25, -0.2) is 0 Å². The molecule has 4 nitrogen and oxygen atoms in total. The van der Waals surface area contributed by atoms with Gasteiger partial charge in [-0.05, 0) is 43.4 Å². The summed E-state index contributed by atoms with van der Waals surface area (Å²) < 4.78 is 0. The Morgan fingerprint density at radius 2 is 2.00 bits per heavy atom. The van der Waals surface area contributed by atoms with Crippen LogP contribution in [0, 0.1) is 17.3 Å². The van der Waals surface area contributed by atoms with Crippen LogP contribution in [0.4, 0.5) is 5.82 Å². The van der Waals surface area contributed by atoms with Crippen LogP contribution in [0.3, 0.4) is 0 Å². The second-order valence-electron chi connectivity index (χ2n) is 7.04. The molecule has 0 aliphatic heterocycles. The van der Waals surface area contributed by atoms with Crippen LogP contribution in [0.15, 0.2) is 6.07 Å². The van der Waals surface area contributed by atoms with Crippen molar-refractivity contribution < 1.29 is 4.79 Å². The first-order valence-corrected chi connectivity index (χ1v) is 7.75. The van der Waals surface area contributed by atoms with E-state index in [4.69, 9.17) is 0 Å². The first-order chi connectivity index (χ1) is 9.40. The molecule has 4 heteroatoms. The van der Waals surface area contributed by atoms with E-state index in [1.165, 1.54) is 0 Å². The van der Waals surface area contributed by atoms with Crippen LogP contribution in [0.1, 0.15) is 59.1 Å². The van der Waals surface area contributed by atoms with E-state index in [9.17, 15) is 4.79 Å². The van der Waals surface area contributed by atoms with Gasteiger partial charge in [0.25, 0.3) is 0 Å². The summed E-state index contributed by atoms with van der Waals surface area (Å²) in [6.45, 7) is 8.96. The lowest BCUT2D eigenvalue weighted by Gasteiger charge is -2.36. The number of aromatic amines is 1. The quantitative estimate of drug-likeness (QED) is 0.883. The van der Waals surface area contributed by atoms with Gasteiger partial charge in [0, 0.05) is 17.7 Å². The monoisotopic (exact) mass is 277 g/mol. The SMILES string of the molecule is CCc1cc(NC(=O)C2CCC(C(C)(C)C)CC2)n[nH]1. The van der Waals surface area contributed by atoms with Crippen LogP contribution in [-0.2, 0) is 11.2 Å². The minimum atomic E-state index is 0.131. The van der Waals surface area contributed by atoms with Gasteiger partial charge in [0.1, 0.15) is 0 Å². The zero-order valence-electron chi connectivity index (χ0n) is 13.1. The van der Waals surface area contributed by atoms with Gasteiger partial charge in [-0.1, -0.05) is 27.7 Å². The first kappa shape index (κ1) is 15.1. The Bertz CT molecular complexity index is 451. The molecule has 1 saturated carbocycles. The number of rotatable bonds is 3. The van der Waals surface area contributed by atoms with Gasteiger partial charge in [0.05, 0.1) is 0 Å². The molecule has 0 saturated heterocycles. The predicted octanol–water partition coefficient (Wildman–Crippen LogP) is 3.76. The molecule has 0 aromatic carbocycles. The molecule has 1 amide bonds. The molecule has 1 fully saturated rings. The largest absolute Gasteiger partial charge is 0.309 e. The van der Waals surface area contributed by atoms with Crippen LogP contribution in [0.2, 0.25) is 0 Å². The Morgan fingerprint density at radius 1 is 1.35 bits per heavy atom. The molecule has 20 heavy (non-hydrogen) atoms. The predicted molar refractivity (Wildman–Crippen MR) is 81.5 cm³/mol. The van der Waals surface area contributed by atoms with Crippen molar-refractivity contribution in [3.8, 4) is 0 Å². The topological polar surface area (TPSA) is 57.8 Å². The molecule has 1 aliphatic rings. The molecule has 1 aromatic heterocycles. The number of anilines is 1. The summed E-state index contributed by atoms with van der Waals surface area (Å²) in [6, 6.07) is 1.92. The van der Waals surface area contributed by atoms with E-state index in [-0.39, 0.29) is 11.8 Å². The summed E-state index contributed by atoms with van der Waals surface area (Å²) in [4.78, 5) is 12.3. The molecular weight excluding hydrogens is 250 g/mol. The third-order valence-electron chi connectivity index (χ3n) is 4.59. The maximum absolute atomic E-state index is 12.3. The molecule has 112 valence electrons. The Morgan fingerprint density at radius 3 is 2.50 bits per heavy atom. The minimum absolute atomic E-state index is 0.131. The number of aryl methyl sites for hydroxylation is 1. The zero-order chi connectivity index (χ0) is 14.8. The highest BCUT2D eigenvalue weighted by atomic mass is 16.1. The summed E-state index contributed by atoms with van der Waals surface area (Å²) in [7, 11) is 0. The molecule has 1 aliphatic carbocycles. The first-order valence-electron chi connectivity index (χ1n) is 7.75.